The molecular weight excluding hydrogens is 322 g/mol. The molecule has 0 saturated carbocycles. The van der Waals surface area contributed by atoms with Gasteiger partial charge in [0.1, 0.15) is 10.9 Å². The van der Waals surface area contributed by atoms with Crippen molar-refractivity contribution in [1.82, 2.24) is 5.32 Å². The van der Waals surface area contributed by atoms with E-state index in [-0.39, 0.29) is 11.6 Å². The lowest BCUT2D eigenvalue weighted by atomic mass is 9.96. The van der Waals surface area contributed by atoms with Crippen molar-refractivity contribution in [2.45, 2.75) is 45.0 Å². The zero-order valence-electron chi connectivity index (χ0n) is 13.2. The van der Waals surface area contributed by atoms with Gasteiger partial charge in [0.15, 0.2) is 5.17 Å². The molecule has 2 N–H and O–H groups in total. The topological polar surface area (TPSA) is 117 Å². The monoisotopic (exact) mass is 339 g/mol. The van der Waals surface area contributed by atoms with Crippen molar-refractivity contribution in [3.05, 3.63) is 11.1 Å². The number of cyclic esters (lactones) is 1. The molecule has 0 aliphatic carbocycles. The Balaban J connectivity index is 2.17. The van der Waals surface area contributed by atoms with Gasteiger partial charge in [0, 0.05) is 0 Å². The van der Waals surface area contributed by atoms with Crippen LogP contribution in [0.3, 0.4) is 0 Å². The lowest BCUT2D eigenvalue weighted by Gasteiger charge is -2.18. The molecule has 0 radical (unpaired) electrons. The number of thioether (sulfide) groups is 1. The van der Waals surface area contributed by atoms with E-state index < -0.39 is 28.7 Å². The summed E-state index contributed by atoms with van der Waals surface area (Å²) < 4.78 is 5.26. The summed E-state index contributed by atoms with van der Waals surface area (Å²) in [4.78, 5) is 34.2. The molecule has 1 amide bonds. The van der Waals surface area contributed by atoms with Crippen molar-refractivity contribution >= 4 is 40.5 Å². The van der Waals surface area contributed by atoms with Gasteiger partial charge in [-0.1, -0.05) is 11.8 Å². The van der Waals surface area contributed by atoms with Gasteiger partial charge in [0.05, 0.1) is 17.7 Å². The van der Waals surface area contributed by atoms with Gasteiger partial charge >= 0.3 is 11.9 Å². The zero-order valence-corrected chi connectivity index (χ0v) is 14.0. The van der Waals surface area contributed by atoms with Gasteiger partial charge in [-0.2, -0.15) is 5.10 Å². The van der Waals surface area contributed by atoms with Gasteiger partial charge in [-0.25, -0.2) is 4.79 Å². The maximum absolute atomic E-state index is 11.9. The quantitative estimate of drug-likeness (QED) is 0.449. The summed E-state index contributed by atoms with van der Waals surface area (Å²) in [7, 11) is 0. The van der Waals surface area contributed by atoms with Crippen LogP contribution in [0.15, 0.2) is 21.3 Å². The van der Waals surface area contributed by atoms with E-state index in [0.29, 0.717) is 11.3 Å². The molecule has 0 bridgehead atoms. The number of aliphatic carboxylic acids is 1. The number of hydrogen-bond donors (Lipinski definition) is 2. The fraction of sp³-hybridized carbons (Fsp3) is 0.500. The van der Waals surface area contributed by atoms with E-state index in [1.54, 1.807) is 27.7 Å². The first-order valence-electron chi connectivity index (χ1n) is 6.88. The summed E-state index contributed by atoms with van der Waals surface area (Å²) in [6.07, 6.45) is -0.289. The van der Waals surface area contributed by atoms with Crippen LogP contribution in [0.5, 0.6) is 0 Å². The number of hydrogen-bond acceptors (Lipinski definition) is 7. The minimum absolute atomic E-state index is 0.212. The molecule has 0 aromatic rings. The van der Waals surface area contributed by atoms with E-state index in [0.717, 1.165) is 17.3 Å². The molecule has 2 aliphatic heterocycles. The predicted octanol–water partition coefficient (Wildman–Crippen LogP) is 1.08. The van der Waals surface area contributed by atoms with Gasteiger partial charge in [0.25, 0.3) is 0 Å². The molecule has 1 saturated heterocycles. The van der Waals surface area contributed by atoms with Crippen molar-refractivity contribution < 1.29 is 24.2 Å². The Bertz CT molecular complexity index is 678. The maximum atomic E-state index is 11.9. The second-order valence-corrected chi connectivity index (χ2v) is 6.88. The number of carbonyl (C=O) groups is 3. The van der Waals surface area contributed by atoms with E-state index in [9.17, 15) is 14.4 Å². The molecule has 9 heteroatoms. The number of amidine groups is 1. The Morgan fingerprint density at radius 1 is 1.43 bits per heavy atom. The lowest BCUT2D eigenvalue weighted by Crippen LogP contribution is -2.26. The fourth-order valence-electron chi connectivity index (χ4n) is 2.15. The van der Waals surface area contributed by atoms with Crippen molar-refractivity contribution in [3.8, 4) is 0 Å². The standard InChI is InChI=1S/C14H17N3O5S/c1-6-10(12(21)22-14(6,3)4)7(2)16-17-13-15-11(20)8(23-13)5-9(18)19/h8H,5H2,1-4H3,(H,18,19)(H,15,17,20)/b16-7-/t8-/m0/s1. The van der Waals surface area contributed by atoms with E-state index in [2.05, 4.69) is 15.5 Å². The van der Waals surface area contributed by atoms with Crippen molar-refractivity contribution in [3.63, 3.8) is 0 Å². The minimum Gasteiger partial charge on any atom is -0.481 e. The van der Waals surface area contributed by atoms with Crippen LogP contribution in [0.4, 0.5) is 0 Å². The Kier molecular flexibility index (Phi) is 4.60. The summed E-state index contributed by atoms with van der Waals surface area (Å²) >= 11 is 1.00. The number of rotatable bonds is 4. The molecule has 0 unspecified atom stereocenters. The number of nitrogens with zero attached hydrogens (tertiary/aromatic N) is 2. The van der Waals surface area contributed by atoms with Crippen LogP contribution in [0.2, 0.25) is 0 Å². The summed E-state index contributed by atoms with van der Waals surface area (Å²) in [5, 5.41) is 18.5. The Morgan fingerprint density at radius 3 is 2.61 bits per heavy atom. The fourth-order valence-corrected chi connectivity index (χ4v) is 3.06. The third-order valence-electron chi connectivity index (χ3n) is 3.62. The van der Waals surface area contributed by atoms with Gasteiger partial charge in [0.2, 0.25) is 5.91 Å². The van der Waals surface area contributed by atoms with Crippen molar-refractivity contribution in [2.24, 2.45) is 10.2 Å². The molecule has 2 heterocycles. The smallest absolute Gasteiger partial charge is 0.341 e. The number of carboxylic acids is 1. The van der Waals surface area contributed by atoms with Crippen LogP contribution in [-0.4, -0.2) is 44.7 Å². The summed E-state index contributed by atoms with van der Waals surface area (Å²) in [5.41, 5.74) is 0.827. The van der Waals surface area contributed by atoms with Crippen LogP contribution >= 0.6 is 11.8 Å². The number of ether oxygens (including phenoxy) is 1. The van der Waals surface area contributed by atoms with Crippen LogP contribution in [0.1, 0.15) is 34.1 Å². The third-order valence-corrected chi connectivity index (χ3v) is 4.69. The third kappa shape index (κ3) is 3.61. The summed E-state index contributed by atoms with van der Waals surface area (Å²) in [5.74, 6) is -1.93. The Hall–Kier alpha value is -2.16. The predicted molar refractivity (Wildman–Crippen MR) is 85.2 cm³/mol. The van der Waals surface area contributed by atoms with Crippen LogP contribution in [0, 0.1) is 0 Å². The average Bonchev–Trinajstić information content (AvgIpc) is 2.84. The molecule has 0 aromatic carbocycles. The number of amides is 1. The van der Waals surface area contributed by atoms with Crippen molar-refractivity contribution in [1.29, 1.82) is 0 Å². The van der Waals surface area contributed by atoms with Crippen LogP contribution < -0.4 is 5.32 Å². The highest BCUT2D eigenvalue weighted by Gasteiger charge is 2.39. The largest absolute Gasteiger partial charge is 0.481 e. The van der Waals surface area contributed by atoms with Crippen molar-refractivity contribution in [2.75, 3.05) is 0 Å². The number of carbonyl (C=O) groups excluding carboxylic acids is 2. The molecule has 8 nitrogen and oxygen atoms in total. The van der Waals surface area contributed by atoms with Gasteiger partial charge in [-0.3, -0.25) is 9.59 Å². The SMILES string of the molecule is CC1=C(/C(C)=N\N=C2/NC(=O)[C@H](CC(=O)O)S2)C(=O)OC1(C)C. The molecule has 0 spiro atoms. The molecule has 2 aliphatic rings. The second-order valence-electron chi connectivity index (χ2n) is 5.68. The number of nitrogens with one attached hydrogen (secondary N) is 1. The van der Waals surface area contributed by atoms with Gasteiger partial charge < -0.3 is 15.2 Å². The highest BCUT2D eigenvalue weighted by atomic mass is 32.2. The molecule has 1 fully saturated rings. The average molecular weight is 339 g/mol. The summed E-state index contributed by atoms with van der Waals surface area (Å²) in [6.45, 7) is 7.00. The van der Waals surface area contributed by atoms with E-state index >= 15 is 0 Å². The van der Waals surface area contributed by atoms with Crippen LogP contribution in [0.25, 0.3) is 0 Å². The first-order valence-corrected chi connectivity index (χ1v) is 7.76. The summed E-state index contributed by atoms with van der Waals surface area (Å²) in [6, 6.07) is 0. The second kappa shape index (κ2) is 6.15. The van der Waals surface area contributed by atoms with E-state index in [4.69, 9.17) is 9.84 Å². The minimum atomic E-state index is -1.06. The number of carboxylic acid groups (broad SMARTS) is 1. The first-order chi connectivity index (χ1) is 10.6. The van der Waals surface area contributed by atoms with Gasteiger partial charge in [-0.05, 0) is 33.3 Å². The molecule has 1 atom stereocenters. The normalized spacial score (nSPS) is 25.8. The molecular formula is C14H17N3O5S. The van der Waals surface area contributed by atoms with Gasteiger partial charge in [-0.15, -0.1) is 5.10 Å². The lowest BCUT2D eigenvalue weighted by molar-refractivity contribution is -0.144. The Labute approximate surface area is 137 Å². The highest BCUT2D eigenvalue weighted by molar-refractivity contribution is 8.15. The van der Waals surface area contributed by atoms with Crippen LogP contribution in [-0.2, 0) is 19.1 Å². The van der Waals surface area contributed by atoms with E-state index in [1.165, 1.54) is 0 Å². The molecule has 0 aromatic heterocycles. The highest BCUT2D eigenvalue weighted by Crippen LogP contribution is 2.32. The Morgan fingerprint density at radius 2 is 2.09 bits per heavy atom. The maximum Gasteiger partial charge on any atom is 0.341 e. The zero-order chi connectivity index (χ0) is 17.4. The molecule has 124 valence electrons. The number of esters is 1. The first kappa shape index (κ1) is 17.2. The molecule has 23 heavy (non-hydrogen) atoms. The van der Waals surface area contributed by atoms with E-state index in [1.807, 2.05) is 0 Å². The molecule has 2 rings (SSSR count).